The van der Waals surface area contributed by atoms with Gasteiger partial charge in [0.1, 0.15) is 5.69 Å². The van der Waals surface area contributed by atoms with Crippen molar-refractivity contribution in [2.24, 2.45) is 5.92 Å². The van der Waals surface area contributed by atoms with Gasteiger partial charge in [0.15, 0.2) is 5.01 Å². The Morgan fingerprint density at radius 1 is 1.37 bits per heavy atom. The van der Waals surface area contributed by atoms with Crippen molar-refractivity contribution in [3.05, 3.63) is 24.4 Å². The summed E-state index contributed by atoms with van der Waals surface area (Å²) in [6.07, 6.45) is 3.96. The lowest BCUT2D eigenvalue weighted by Crippen LogP contribution is -2.36. The second-order valence-electron chi connectivity index (χ2n) is 4.74. The number of rotatable bonds is 3. The Kier molecular flexibility index (Phi) is 3.70. The predicted molar refractivity (Wildman–Crippen MR) is 75.2 cm³/mol. The van der Waals surface area contributed by atoms with Crippen molar-refractivity contribution in [2.75, 3.05) is 24.6 Å². The van der Waals surface area contributed by atoms with Crippen LogP contribution in [0.25, 0.3) is 10.7 Å². The van der Waals surface area contributed by atoms with Gasteiger partial charge in [0.25, 0.3) is 0 Å². The maximum absolute atomic E-state index is 9.27. The first kappa shape index (κ1) is 12.5. The SMILES string of the molecule is OCC1CCCN(c2nnc(-c3ccccn3)s2)C1. The number of aromatic nitrogens is 3. The van der Waals surface area contributed by atoms with E-state index in [1.165, 1.54) is 0 Å². The molecule has 1 saturated heterocycles. The van der Waals surface area contributed by atoms with Gasteiger partial charge in [-0.05, 0) is 30.9 Å². The van der Waals surface area contributed by atoms with E-state index in [4.69, 9.17) is 0 Å². The summed E-state index contributed by atoms with van der Waals surface area (Å²) in [5.74, 6) is 0.357. The lowest BCUT2D eigenvalue weighted by atomic mass is 10.00. The van der Waals surface area contributed by atoms with Gasteiger partial charge in [0.2, 0.25) is 5.13 Å². The molecule has 1 N–H and O–H groups in total. The number of anilines is 1. The zero-order valence-electron chi connectivity index (χ0n) is 10.6. The summed E-state index contributed by atoms with van der Waals surface area (Å²) in [5.41, 5.74) is 0.863. The fraction of sp³-hybridized carbons (Fsp3) is 0.462. The van der Waals surface area contributed by atoms with Crippen LogP contribution >= 0.6 is 11.3 Å². The van der Waals surface area contributed by atoms with Crippen LogP contribution < -0.4 is 4.90 Å². The molecule has 1 unspecified atom stereocenters. The van der Waals surface area contributed by atoms with Crippen LogP contribution in [-0.4, -0.2) is 40.0 Å². The van der Waals surface area contributed by atoms with Gasteiger partial charge in [-0.3, -0.25) is 4.98 Å². The van der Waals surface area contributed by atoms with E-state index < -0.39 is 0 Å². The Bertz CT molecular complexity index is 530. The van der Waals surface area contributed by atoms with Crippen molar-refractivity contribution in [1.82, 2.24) is 15.2 Å². The van der Waals surface area contributed by atoms with Crippen LogP contribution in [0.1, 0.15) is 12.8 Å². The number of hydrogen-bond acceptors (Lipinski definition) is 6. The Morgan fingerprint density at radius 3 is 3.11 bits per heavy atom. The first-order valence-corrected chi connectivity index (χ1v) is 7.29. The highest BCUT2D eigenvalue weighted by Crippen LogP contribution is 2.30. The Hall–Kier alpha value is -1.53. The minimum atomic E-state index is 0.252. The molecule has 0 saturated carbocycles. The third-order valence-electron chi connectivity index (χ3n) is 3.35. The van der Waals surface area contributed by atoms with E-state index >= 15 is 0 Å². The topological polar surface area (TPSA) is 62.1 Å². The third kappa shape index (κ3) is 2.74. The van der Waals surface area contributed by atoms with Crippen molar-refractivity contribution in [3.63, 3.8) is 0 Å². The normalized spacial score (nSPS) is 19.6. The molecule has 0 radical (unpaired) electrons. The lowest BCUT2D eigenvalue weighted by Gasteiger charge is -2.31. The molecule has 3 heterocycles. The molecule has 5 nitrogen and oxygen atoms in total. The molecule has 0 spiro atoms. The van der Waals surface area contributed by atoms with Crippen molar-refractivity contribution in [2.45, 2.75) is 12.8 Å². The van der Waals surface area contributed by atoms with Crippen molar-refractivity contribution in [3.8, 4) is 10.7 Å². The average molecular weight is 276 g/mol. The maximum Gasteiger partial charge on any atom is 0.208 e. The van der Waals surface area contributed by atoms with Crippen LogP contribution in [0, 0.1) is 5.92 Å². The van der Waals surface area contributed by atoms with Crippen molar-refractivity contribution >= 4 is 16.5 Å². The van der Waals surface area contributed by atoms with Crippen LogP contribution in [0.3, 0.4) is 0 Å². The highest BCUT2D eigenvalue weighted by atomic mass is 32.1. The lowest BCUT2D eigenvalue weighted by molar-refractivity contribution is 0.208. The summed E-state index contributed by atoms with van der Waals surface area (Å²) in [6.45, 7) is 2.11. The number of hydrogen-bond donors (Lipinski definition) is 1. The van der Waals surface area contributed by atoms with Gasteiger partial charge in [-0.25, -0.2) is 0 Å². The number of piperidine rings is 1. The highest BCUT2D eigenvalue weighted by molar-refractivity contribution is 7.18. The molecule has 2 aromatic rings. The molecule has 3 rings (SSSR count). The van der Waals surface area contributed by atoms with Gasteiger partial charge in [0, 0.05) is 25.9 Å². The molecule has 100 valence electrons. The molecule has 0 aliphatic carbocycles. The van der Waals surface area contributed by atoms with Crippen LogP contribution in [-0.2, 0) is 0 Å². The summed E-state index contributed by atoms with van der Waals surface area (Å²) < 4.78 is 0. The number of nitrogens with zero attached hydrogens (tertiary/aromatic N) is 4. The quantitative estimate of drug-likeness (QED) is 0.926. The Labute approximate surface area is 115 Å². The van der Waals surface area contributed by atoms with E-state index in [9.17, 15) is 5.11 Å². The van der Waals surface area contributed by atoms with E-state index in [1.807, 2.05) is 18.2 Å². The fourth-order valence-corrected chi connectivity index (χ4v) is 3.18. The van der Waals surface area contributed by atoms with E-state index in [2.05, 4.69) is 20.1 Å². The zero-order valence-corrected chi connectivity index (χ0v) is 11.4. The van der Waals surface area contributed by atoms with E-state index in [-0.39, 0.29) is 6.61 Å². The number of aliphatic hydroxyl groups excluding tert-OH is 1. The van der Waals surface area contributed by atoms with Gasteiger partial charge in [-0.1, -0.05) is 17.4 Å². The summed E-state index contributed by atoms with van der Waals surface area (Å²) in [7, 11) is 0. The molecule has 1 aliphatic heterocycles. The number of pyridine rings is 1. The molecule has 1 aliphatic rings. The van der Waals surface area contributed by atoms with Gasteiger partial charge in [-0.15, -0.1) is 10.2 Å². The second-order valence-corrected chi connectivity index (χ2v) is 5.70. The van der Waals surface area contributed by atoms with Crippen LogP contribution in [0.15, 0.2) is 24.4 Å². The van der Waals surface area contributed by atoms with Gasteiger partial charge < -0.3 is 10.0 Å². The highest BCUT2D eigenvalue weighted by Gasteiger charge is 2.22. The summed E-state index contributed by atoms with van der Waals surface area (Å²) in [5, 5.41) is 19.5. The van der Waals surface area contributed by atoms with E-state index in [0.717, 1.165) is 41.8 Å². The predicted octanol–water partition coefficient (Wildman–Crippen LogP) is 1.81. The molecular formula is C13H16N4OS. The summed E-state index contributed by atoms with van der Waals surface area (Å²) >= 11 is 1.56. The molecule has 0 bridgehead atoms. The molecule has 1 atom stereocenters. The molecule has 6 heteroatoms. The molecule has 2 aromatic heterocycles. The van der Waals surface area contributed by atoms with Gasteiger partial charge >= 0.3 is 0 Å². The standard InChI is InChI=1S/C13H16N4OS/c18-9-10-4-3-7-17(8-10)13-16-15-12(19-13)11-5-1-2-6-14-11/h1-2,5-6,10,18H,3-4,7-9H2. The maximum atomic E-state index is 9.27. The first-order valence-electron chi connectivity index (χ1n) is 6.47. The third-order valence-corrected chi connectivity index (χ3v) is 4.35. The summed E-state index contributed by atoms with van der Waals surface area (Å²) in [6, 6.07) is 5.78. The molecule has 0 amide bonds. The van der Waals surface area contributed by atoms with Gasteiger partial charge in [0.05, 0.1) is 0 Å². The van der Waals surface area contributed by atoms with Crippen molar-refractivity contribution < 1.29 is 5.11 Å². The Balaban J connectivity index is 1.78. The minimum absolute atomic E-state index is 0.252. The fourth-order valence-electron chi connectivity index (χ4n) is 2.32. The number of aliphatic hydroxyl groups is 1. The van der Waals surface area contributed by atoms with Crippen LogP contribution in [0.4, 0.5) is 5.13 Å². The smallest absolute Gasteiger partial charge is 0.208 e. The van der Waals surface area contributed by atoms with Crippen LogP contribution in [0.5, 0.6) is 0 Å². The van der Waals surface area contributed by atoms with E-state index in [0.29, 0.717) is 5.92 Å². The van der Waals surface area contributed by atoms with E-state index in [1.54, 1.807) is 17.5 Å². The zero-order chi connectivity index (χ0) is 13.1. The van der Waals surface area contributed by atoms with Gasteiger partial charge in [-0.2, -0.15) is 0 Å². The molecule has 1 fully saturated rings. The molecule has 0 aromatic carbocycles. The minimum Gasteiger partial charge on any atom is -0.396 e. The monoisotopic (exact) mass is 276 g/mol. The molecular weight excluding hydrogens is 260 g/mol. The largest absolute Gasteiger partial charge is 0.396 e. The van der Waals surface area contributed by atoms with Crippen molar-refractivity contribution in [1.29, 1.82) is 0 Å². The molecule has 19 heavy (non-hydrogen) atoms. The summed E-state index contributed by atoms with van der Waals surface area (Å²) in [4.78, 5) is 6.50. The second kappa shape index (κ2) is 5.63. The Morgan fingerprint density at radius 2 is 2.32 bits per heavy atom. The first-order chi connectivity index (χ1) is 9.36. The average Bonchev–Trinajstić information content (AvgIpc) is 2.98. The van der Waals surface area contributed by atoms with Crippen LogP contribution in [0.2, 0.25) is 0 Å².